The zero-order chi connectivity index (χ0) is 11.5. The summed E-state index contributed by atoms with van der Waals surface area (Å²) in [5, 5.41) is 5.87. The fourth-order valence-corrected chi connectivity index (χ4v) is 1.79. The molecule has 86 valence electrons. The fraction of sp³-hybridized carbons (Fsp3) is 0.500. The Morgan fingerprint density at radius 1 is 1.25 bits per heavy atom. The van der Waals surface area contributed by atoms with Gasteiger partial charge < -0.3 is 10.6 Å². The summed E-state index contributed by atoms with van der Waals surface area (Å²) >= 11 is 11.3. The van der Waals surface area contributed by atoms with Crippen LogP contribution in [0.15, 0.2) is 0 Å². The molecule has 0 aromatic carbocycles. The first kappa shape index (κ1) is 11.3. The SMILES string of the molecule is O=C1CCC(Nc2nc(Cl)nc(Cl)n2)CN1. The number of halogens is 2. The smallest absolute Gasteiger partial charge is 0.228 e. The third-order valence-electron chi connectivity index (χ3n) is 2.18. The molecule has 0 aliphatic carbocycles. The van der Waals surface area contributed by atoms with E-state index in [1.165, 1.54) is 0 Å². The molecule has 0 saturated carbocycles. The molecule has 0 radical (unpaired) electrons. The molecule has 2 rings (SSSR count). The number of amides is 1. The van der Waals surface area contributed by atoms with Gasteiger partial charge in [-0.1, -0.05) is 0 Å². The van der Waals surface area contributed by atoms with Crippen molar-refractivity contribution >= 4 is 35.1 Å². The average molecular weight is 262 g/mol. The number of rotatable bonds is 2. The molecule has 0 spiro atoms. The molecular formula is C8H9Cl2N5O. The molecule has 1 aromatic heterocycles. The Bertz CT molecular complexity index is 383. The predicted molar refractivity (Wildman–Crippen MR) is 59.5 cm³/mol. The maximum absolute atomic E-state index is 10.9. The Morgan fingerprint density at radius 2 is 1.94 bits per heavy atom. The van der Waals surface area contributed by atoms with Crippen molar-refractivity contribution in [1.29, 1.82) is 0 Å². The number of anilines is 1. The van der Waals surface area contributed by atoms with Crippen LogP contribution in [0, 0.1) is 0 Å². The van der Waals surface area contributed by atoms with Crippen LogP contribution in [0.4, 0.5) is 5.95 Å². The lowest BCUT2D eigenvalue weighted by atomic mass is 10.1. The van der Waals surface area contributed by atoms with Crippen LogP contribution in [-0.2, 0) is 4.79 Å². The van der Waals surface area contributed by atoms with Crippen molar-refractivity contribution in [3.63, 3.8) is 0 Å². The van der Waals surface area contributed by atoms with E-state index in [0.29, 0.717) is 18.9 Å². The molecule has 16 heavy (non-hydrogen) atoms. The molecule has 1 unspecified atom stereocenters. The van der Waals surface area contributed by atoms with Crippen LogP contribution in [0.2, 0.25) is 10.6 Å². The van der Waals surface area contributed by atoms with Crippen molar-refractivity contribution in [1.82, 2.24) is 20.3 Å². The molecule has 1 aliphatic heterocycles. The first-order valence-corrected chi connectivity index (χ1v) is 5.49. The van der Waals surface area contributed by atoms with Crippen molar-refractivity contribution in [3.8, 4) is 0 Å². The van der Waals surface area contributed by atoms with E-state index in [1.54, 1.807) is 0 Å². The van der Waals surface area contributed by atoms with Gasteiger partial charge >= 0.3 is 0 Å². The predicted octanol–water partition coefficient (Wildman–Crippen LogP) is 0.869. The Kier molecular flexibility index (Phi) is 3.40. The summed E-state index contributed by atoms with van der Waals surface area (Å²) in [5.74, 6) is 0.385. The highest BCUT2D eigenvalue weighted by Gasteiger charge is 2.18. The second kappa shape index (κ2) is 4.80. The minimum absolute atomic E-state index is 0.0438. The lowest BCUT2D eigenvalue weighted by Crippen LogP contribution is -2.42. The number of piperidine rings is 1. The number of nitrogens with zero attached hydrogens (tertiary/aromatic N) is 3. The van der Waals surface area contributed by atoms with Crippen LogP contribution in [0.25, 0.3) is 0 Å². The molecule has 0 bridgehead atoms. The van der Waals surface area contributed by atoms with Crippen LogP contribution in [-0.4, -0.2) is 33.4 Å². The van der Waals surface area contributed by atoms with Gasteiger partial charge in [0.2, 0.25) is 22.4 Å². The minimum atomic E-state index is 0.0438. The van der Waals surface area contributed by atoms with Gasteiger partial charge in [0, 0.05) is 19.0 Å². The van der Waals surface area contributed by atoms with Crippen molar-refractivity contribution < 1.29 is 4.79 Å². The van der Waals surface area contributed by atoms with E-state index >= 15 is 0 Å². The lowest BCUT2D eigenvalue weighted by molar-refractivity contribution is -0.122. The van der Waals surface area contributed by atoms with Gasteiger partial charge in [-0.15, -0.1) is 0 Å². The molecule has 1 aliphatic rings. The fourth-order valence-electron chi connectivity index (χ4n) is 1.43. The van der Waals surface area contributed by atoms with Crippen molar-refractivity contribution in [2.75, 3.05) is 11.9 Å². The average Bonchev–Trinajstić information content (AvgIpc) is 2.20. The number of nitrogens with one attached hydrogen (secondary N) is 2. The standard InChI is InChI=1S/C8H9Cl2N5O/c9-6-13-7(10)15-8(14-6)12-4-1-2-5(16)11-3-4/h4H,1-3H2,(H,11,16)(H,12,13,14,15). The molecule has 1 fully saturated rings. The summed E-state index contributed by atoms with van der Waals surface area (Å²) in [6.45, 7) is 0.541. The molecular weight excluding hydrogens is 253 g/mol. The zero-order valence-electron chi connectivity index (χ0n) is 8.20. The number of carbonyl (C=O) groups excluding carboxylic acids is 1. The Labute approximate surface area is 102 Å². The number of hydrogen-bond donors (Lipinski definition) is 2. The highest BCUT2D eigenvalue weighted by molar-refractivity contribution is 6.31. The lowest BCUT2D eigenvalue weighted by Gasteiger charge is -2.23. The topological polar surface area (TPSA) is 79.8 Å². The van der Waals surface area contributed by atoms with Crippen LogP contribution < -0.4 is 10.6 Å². The summed E-state index contributed by atoms with van der Waals surface area (Å²) in [6, 6.07) is 0.0900. The van der Waals surface area contributed by atoms with Crippen LogP contribution >= 0.6 is 23.2 Å². The van der Waals surface area contributed by atoms with Crippen molar-refractivity contribution in [2.45, 2.75) is 18.9 Å². The van der Waals surface area contributed by atoms with Gasteiger partial charge in [0.1, 0.15) is 0 Å². The third kappa shape index (κ3) is 2.93. The van der Waals surface area contributed by atoms with E-state index in [1.807, 2.05) is 0 Å². The maximum atomic E-state index is 10.9. The Morgan fingerprint density at radius 3 is 2.50 bits per heavy atom. The van der Waals surface area contributed by atoms with Gasteiger partial charge in [0.25, 0.3) is 0 Å². The van der Waals surface area contributed by atoms with E-state index in [9.17, 15) is 4.79 Å². The quantitative estimate of drug-likeness (QED) is 0.826. The molecule has 6 nitrogen and oxygen atoms in total. The monoisotopic (exact) mass is 261 g/mol. The van der Waals surface area contributed by atoms with Gasteiger partial charge in [-0.2, -0.15) is 15.0 Å². The summed E-state index contributed by atoms with van der Waals surface area (Å²) in [5.41, 5.74) is 0. The van der Waals surface area contributed by atoms with Gasteiger partial charge in [-0.25, -0.2) is 0 Å². The van der Waals surface area contributed by atoms with Crippen LogP contribution in [0.1, 0.15) is 12.8 Å². The van der Waals surface area contributed by atoms with Gasteiger partial charge in [0.05, 0.1) is 0 Å². The maximum Gasteiger partial charge on any atom is 0.228 e. The molecule has 1 saturated heterocycles. The van der Waals surface area contributed by atoms with E-state index in [-0.39, 0.29) is 22.5 Å². The highest BCUT2D eigenvalue weighted by atomic mass is 35.5. The van der Waals surface area contributed by atoms with Crippen LogP contribution in [0.3, 0.4) is 0 Å². The number of hydrogen-bond acceptors (Lipinski definition) is 5. The summed E-state index contributed by atoms with van der Waals surface area (Å²) in [7, 11) is 0. The summed E-state index contributed by atoms with van der Waals surface area (Å²) in [4.78, 5) is 22.3. The second-order valence-corrected chi connectivity index (χ2v) is 4.06. The first-order valence-electron chi connectivity index (χ1n) is 4.74. The molecule has 2 N–H and O–H groups in total. The number of aromatic nitrogens is 3. The van der Waals surface area contributed by atoms with Gasteiger partial charge in [-0.3, -0.25) is 4.79 Å². The van der Waals surface area contributed by atoms with E-state index in [0.717, 1.165) is 6.42 Å². The minimum Gasteiger partial charge on any atom is -0.354 e. The zero-order valence-corrected chi connectivity index (χ0v) is 9.72. The third-order valence-corrected chi connectivity index (χ3v) is 2.52. The van der Waals surface area contributed by atoms with Gasteiger partial charge in [-0.05, 0) is 29.6 Å². The van der Waals surface area contributed by atoms with Crippen molar-refractivity contribution in [3.05, 3.63) is 10.6 Å². The van der Waals surface area contributed by atoms with Crippen LogP contribution in [0.5, 0.6) is 0 Å². The normalized spacial score (nSPS) is 20.4. The second-order valence-electron chi connectivity index (χ2n) is 3.38. The Hall–Kier alpha value is -1.14. The Balaban J connectivity index is 2.00. The summed E-state index contributed by atoms with van der Waals surface area (Å²) < 4.78 is 0. The molecule has 1 atom stereocenters. The van der Waals surface area contributed by atoms with E-state index in [2.05, 4.69) is 25.6 Å². The molecule has 8 heteroatoms. The van der Waals surface area contributed by atoms with E-state index in [4.69, 9.17) is 23.2 Å². The van der Waals surface area contributed by atoms with Crippen molar-refractivity contribution in [2.24, 2.45) is 0 Å². The largest absolute Gasteiger partial charge is 0.354 e. The number of carbonyl (C=O) groups is 1. The van der Waals surface area contributed by atoms with Gasteiger partial charge in [0.15, 0.2) is 0 Å². The first-order chi connectivity index (χ1) is 7.63. The molecule has 1 aromatic rings. The molecule has 1 amide bonds. The van der Waals surface area contributed by atoms with E-state index < -0.39 is 0 Å². The highest BCUT2D eigenvalue weighted by Crippen LogP contribution is 2.13. The summed E-state index contributed by atoms with van der Waals surface area (Å²) in [6.07, 6.45) is 1.22. The molecule has 2 heterocycles.